The van der Waals surface area contributed by atoms with E-state index in [0.717, 1.165) is 18.9 Å². The molecule has 0 aromatic carbocycles. The summed E-state index contributed by atoms with van der Waals surface area (Å²) in [5.41, 5.74) is 0.0399. The van der Waals surface area contributed by atoms with Gasteiger partial charge in [0.1, 0.15) is 6.61 Å². The minimum atomic E-state index is 0.0399. The van der Waals surface area contributed by atoms with E-state index < -0.39 is 0 Å². The van der Waals surface area contributed by atoms with Gasteiger partial charge in [-0.25, -0.2) is 0 Å². The van der Waals surface area contributed by atoms with Crippen LogP contribution < -0.4 is 5.32 Å². The maximum absolute atomic E-state index is 11.3. The second kappa shape index (κ2) is 2.47. The van der Waals surface area contributed by atoms with E-state index in [1.54, 1.807) is 0 Å². The van der Waals surface area contributed by atoms with Gasteiger partial charge in [0.2, 0.25) is 5.91 Å². The average Bonchev–Trinajstić information content (AvgIpc) is 2.63. The summed E-state index contributed by atoms with van der Waals surface area (Å²) in [5.74, 6) is 1.63. The van der Waals surface area contributed by atoms with Crippen molar-refractivity contribution in [1.29, 1.82) is 0 Å². The van der Waals surface area contributed by atoms with Gasteiger partial charge in [-0.05, 0) is 37.5 Å². The highest BCUT2D eigenvalue weighted by atomic mass is 16.5. The van der Waals surface area contributed by atoms with Crippen molar-refractivity contribution < 1.29 is 9.53 Å². The molecule has 3 atom stereocenters. The minimum Gasteiger partial charge on any atom is -0.369 e. The molecule has 0 aromatic rings. The van der Waals surface area contributed by atoms with Gasteiger partial charge in [-0.15, -0.1) is 0 Å². The van der Waals surface area contributed by atoms with Crippen LogP contribution in [0.15, 0.2) is 0 Å². The molecule has 13 heavy (non-hydrogen) atoms. The highest BCUT2D eigenvalue weighted by molar-refractivity contribution is 5.79. The molecule has 0 aromatic heterocycles. The molecule has 1 N–H and O–H groups in total. The summed E-state index contributed by atoms with van der Waals surface area (Å²) in [4.78, 5) is 11.3. The molecule has 1 amide bonds. The fourth-order valence-corrected chi connectivity index (χ4v) is 3.45. The summed E-state index contributed by atoms with van der Waals surface area (Å²) in [6.45, 7) is 1.01. The van der Waals surface area contributed by atoms with Gasteiger partial charge >= 0.3 is 0 Å². The van der Waals surface area contributed by atoms with E-state index in [1.165, 1.54) is 19.3 Å². The monoisotopic (exact) mass is 181 g/mol. The summed E-state index contributed by atoms with van der Waals surface area (Å²) >= 11 is 0. The summed E-state index contributed by atoms with van der Waals surface area (Å²) < 4.78 is 5.36. The molecular formula is C10H15NO2. The van der Waals surface area contributed by atoms with Crippen LogP contribution in [0.25, 0.3) is 0 Å². The van der Waals surface area contributed by atoms with Gasteiger partial charge in [-0.1, -0.05) is 0 Å². The van der Waals surface area contributed by atoms with Crippen LogP contribution in [0.4, 0.5) is 0 Å². The summed E-state index contributed by atoms with van der Waals surface area (Å²) in [7, 11) is 0. The van der Waals surface area contributed by atoms with E-state index >= 15 is 0 Å². The number of nitrogens with one attached hydrogen (secondary N) is 1. The van der Waals surface area contributed by atoms with Crippen molar-refractivity contribution >= 4 is 5.91 Å². The van der Waals surface area contributed by atoms with E-state index in [1.807, 2.05) is 0 Å². The Balaban J connectivity index is 1.84. The number of hydrogen-bond donors (Lipinski definition) is 1. The fraction of sp³-hybridized carbons (Fsp3) is 0.900. The first-order valence-electron chi connectivity index (χ1n) is 5.17. The summed E-state index contributed by atoms with van der Waals surface area (Å²) in [6.07, 6.45) is 5.11. The van der Waals surface area contributed by atoms with Crippen molar-refractivity contribution in [2.24, 2.45) is 11.8 Å². The molecule has 2 bridgehead atoms. The maximum atomic E-state index is 11.3. The molecule has 3 unspecified atom stereocenters. The molecule has 1 heterocycles. The lowest BCUT2D eigenvalue weighted by molar-refractivity contribution is -0.137. The number of fused-ring (bicyclic) bond motifs is 3. The molecule has 2 aliphatic carbocycles. The zero-order valence-corrected chi connectivity index (χ0v) is 7.71. The molecule has 3 rings (SSSR count). The number of carbonyl (C=O) groups excluding carboxylic acids is 1. The minimum absolute atomic E-state index is 0.0399. The Labute approximate surface area is 77.8 Å². The van der Waals surface area contributed by atoms with Gasteiger partial charge in [-0.2, -0.15) is 0 Å². The van der Waals surface area contributed by atoms with Crippen LogP contribution >= 0.6 is 0 Å². The number of ether oxygens (including phenoxy) is 1. The van der Waals surface area contributed by atoms with Crippen molar-refractivity contribution in [2.45, 2.75) is 31.2 Å². The first-order valence-corrected chi connectivity index (χ1v) is 5.17. The lowest BCUT2D eigenvalue weighted by atomic mass is 9.81. The van der Waals surface area contributed by atoms with E-state index in [-0.39, 0.29) is 18.1 Å². The summed E-state index contributed by atoms with van der Waals surface area (Å²) in [5, 5.41) is 3.16. The third-order valence-electron chi connectivity index (χ3n) is 3.96. The Bertz CT molecular complexity index is 253. The third-order valence-corrected chi connectivity index (χ3v) is 3.96. The molecule has 3 fully saturated rings. The Morgan fingerprint density at radius 3 is 3.00 bits per heavy atom. The second-order valence-corrected chi connectivity index (χ2v) is 4.78. The molecule has 0 radical (unpaired) electrons. The molecule has 3 nitrogen and oxygen atoms in total. The molecular weight excluding hydrogens is 166 g/mol. The number of rotatable bonds is 0. The first-order chi connectivity index (χ1) is 6.28. The molecule has 2 saturated carbocycles. The Morgan fingerprint density at radius 1 is 1.46 bits per heavy atom. The quantitative estimate of drug-likeness (QED) is 0.597. The third kappa shape index (κ3) is 1.03. The van der Waals surface area contributed by atoms with Crippen molar-refractivity contribution in [1.82, 2.24) is 5.32 Å². The first kappa shape index (κ1) is 7.80. The Morgan fingerprint density at radius 2 is 2.38 bits per heavy atom. The highest BCUT2D eigenvalue weighted by Crippen LogP contribution is 2.51. The van der Waals surface area contributed by atoms with Crippen molar-refractivity contribution in [3.05, 3.63) is 0 Å². The van der Waals surface area contributed by atoms with E-state index in [4.69, 9.17) is 4.74 Å². The Hall–Kier alpha value is -0.570. The number of hydrogen-bond acceptors (Lipinski definition) is 2. The molecule has 1 saturated heterocycles. The van der Waals surface area contributed by atoms with Crippen LogP contribution in [0.5, 0.6) is 0 Å². The highest BCUT2D eigenvalue weighted by Gasteiger charge is 2.53. The maximum Gasteiger partial charge on any atom is 0.246 e. The van der Waals surface area contributed by atoms with Crippen LogP contribution in [-0.2, 0) is 9.53 Å². The predicted molar refractivity (Wildman–Crippen MR) is 47.1 cm³/mol. The summed E-state index contributed by atoms with van der Waals surface area (Å²) in [6, 6.07) is 0. The van der Waals surface area contributed by atoms with Gasteiger partial charge in [0.15, 0.2) is 0 Å². The second-order valence-electron chi connectivity index (χ2n) is 4.78. The zero-order chi connectivity index (χ0) is 8.89. The van der Waals surface area contributed by atoms with Crippen LogP contribution in [0.1, 0.15) is 25.7 Å². The number of carbonyl (C=O) groups is 1. The SMILES string of the molecule is O=C1COCC2(CC3CCC2C3)N1. The smallest absolute Gasteiger partial charge is 0.246 e. The molecule has 1 spiro atoms. The topological polar surface area (TPSA) is 38.3 Å². The molecule has 1 aliphatic heterocycles. The molecule has 72 valence electrons. The number of morpholine rings is 1. The average molecular weight is 181 g/mol. The van der Waals surface area contributed by atoms with Crippen LogP contribution in [0.2, 0.25) is 0 Å². The van der Waals surface area contributed by atoms with E-state index in [2.05, 4.69) is 5.32 Å². The van der Waals surface area contributed by atoms with Crippen LogP contribution in [0, 0.1) is 11.8 Å². The van der Waals surface area contributed by atoms with Crippen LogP contribution in [-0.4, -0.2) is 24.7 Å². The lowest BCUT2D eigenvalue weighted by Gasteiger charge is -2.41. The largest absolute Gasteiger partial charge is 0.369 e. The zero-order valence-electron chi connectivity index (χ0n) is 7.71. The van der Waals surface area contributed by atoms with Gasteiger partial charge in [0.25, 0.3) is 0 Å². The van der Waals surface area contributed by atoms with Crippen molar-refractivity contribution in [3.8, 4) is 0 Å². The fourth-order valence-electron chi connectivity index (χ4n) is 3.45. The lowest BCUT2D eigenvalue weighted by Crippen LogP contribution is -2.59. The standard InChI is InChI=1S/C10H15NO2/c12-9-5-13-6-10(11-9)4-7-1-2-8(10)3-7/h7-8H,1-6H2,(H,11,12). The molecule has 3 heteroatoms. The van der Waals surface area contributed by atoms with Gasteiger partial charge < -0.3 is 10.1 Å². The number of amides is 1. The van der Waals surface area contributed by atoms with E-state index in [0.29, 0.717) is 5.92 Å². The van der Waals surface area contributed by atoms with Crippen LogP contribution in [0.3, 0.4) is 0 Å². The molecule has 3 aliphatic rings. The van der Waals surface area contributed by atoms with E-state index in [9.17, 15) is 4.79 Å². The van der Waals surface area contributed by atoms with Gasteiger partial charge in [0.05, 0.1) is 12.1 Å². The predicted octanol–water partition coefficient (Wildman–Crippen LogP) is 0.692. The van der Waals surface area contributed by atoms with Crippen molar-refractivity contribution in [2.75, 3.05) is 13.2 Å². The van der Waals surface area contributed by atoms with Gasteiger partial charge in [-0.3, -0.25) is 4.79 Å². The normalized spacial score (nSPS) is 48.5. The van der Waals surface area contributed by atoms with Crippen molar-refractivity contribution in [3.63, 3.8) is 0 Å². The Kier molecular flexibility index (Phi) is 1.48. The van der Waals surface area contributed by atoms with Gasteiger partial charge in [0, 0.05) is 0 Å².